The Labute approximate surface area is 170 Å². The van der Waals surface area contributed by atoms with E-state index in [4.69, 9.17) is 17.0 Å². The number of carbonyl (C=O) groups excluding carboxylic acids is 2. The van der Waals surface area contributed by atoms with Gasteiger partial charge in [-0.2, -0.15) is 0 Å². The van der Waals surface area contributed by atoms with E-state index in [1.54, 1.807) is 30.3 Å². The van der Waals surface area contributed by atoms with Gasteiger partial charge >= 0.3 is 0 Å². The van der Waals surface area contributed by atoms with Crippen LogP contribution in [0.25, 0.3) is 0 Å². The molecule has 0 saturated heterocycles. The van der Waals surface area contributed by atoms with E-state index in [0.717, 1.165) is 11.3 Å². The third-order valence-electron chi connectivity index (χ3n) is 3.73. The summed E-state index contributed by atoms with van der Waals surface area (Å²) >= 11 is 5.22. The van der Waals surface area contributed by atoms with Crippen LogP contribution >= 0.6 is 12.2 Å². The maximum Gasteiger partial charge on any atom is 0.257 e. The maximum atomic E-state index is 12.4. The Balaban J connectivity index is 1.95. The van der Waals surface area contributed by atoms with Crippen molar-refractivity contribution in [1.29, 1.82) is 0 Å². The third kappa shape index (κ3) is 6.66. The molecule has 0 atom stereocenters. The van der Waals surface area contributed by atoms with Crippen molar-refractivity contribution in [2.45, 2.75) is 27.7 Å². The van der Waals surface area contributed by atoms with Crippen molar-refractivity contribution in [1.82, 2.24) is 5.32 Å². The Hall–Kier alpha value is -2.93. The molecule has 148 valence electrons. The van der Waals surface area contributed by atoms with Crippen molar-refractivity contribution in [2.24, 2.45) is 5.92 Å². The molecule has 2 aromatic rings. The van der Waals surface area contributed by atoms with Crippen molar-refractivity contribution in [2.75, 3.05) is 17.2 Å². The van der Waals surface area contributed by atoms with Gasteiger partial charge in [-0.15, -0.1) is 0 Å². The minimum atomic E-state index is -0.317. The van der Waals surface area contributed by atoms with E-state index in [2.05, 4.69) is 29.8 Å². The average Bonchev–Trinajstić information content (AvgIpc) is 2.62. The summed E-state index contributed by atoms with van der Waals surface area (Å²) in [4.78, 5) is 23.6. The van der Waals surface area contributed by atoms with Crippen LogP contribution in [-0.4, -0.2) is 23.5 Å². The first-order valence-corrected chi connectivity index (χ1v) is 9.39. The minimum Gasteiger partial charge on any atom is -0.493 e. The van der Waals surface area contributed by atoms with Crippen LogP contribution in [0.4, 0.5) is 11.4 Å². The molecule has 7 heteroatoms. The number of rotatable bonds is 6. The minimum absolute atomic E-state index is 0.156. The van der Waals surface area contributed by atoms with Crippen molar-refractivity contribution in [3.05, 3.63) is 53.6 Å². The summed E-state index contributed by atoms with van der Waals surface area (Å²) in [5.74, 6) is 0.675. The Bertz CT molecular complexity index is 864. The van der Waals surface area contributed by atoms with E-state index >= 15 is 0 Å². The molecule has 0 saturated carbocycles. The fraction of sp³-hybridized carbons (Fsp3) is 0.286. The maximum absolute atomic E-state index is 12.4. The van der Waals surface area contributed by atoms with Gasteiger partial charge in [0, 0.05) is 23.9 Å². The van der Waals surface area contributed by atoms with Crippen molar-refractivity contribution in [3.63, 3.8) is 0 Å². The molecule has 2 rings (SSSR count). The molecular formula is C21H25N3O3S. The van der Waals surface area contributed by atoms with Crippen LogP contribution in [0.5, 0.6) is 5.75 Å². The molecule has 6 nitrogen and oxygen atoms in total. The number of hydrogen-bond donors (Lipinski definition) is 3. The van der Waals surface area contributed by atoms with Gasteiger partial charge in [0.1, 0.15) is 5.75 Å². The lowest BCUT2D eigenvalue weighted by Crippen LogP contribution is -2.34. The molecule has 0 aliphatic heterocycles. The largest absolute Gasteiger partial charge is 0.493 e. The first-order chi connectivity index (χ1) is 13.2. The van der Waals surface area contributed by atoms with Crippen molar-refractivity contribution < 1.29 is 14.3 Å². The van der Waals surface area contributed by atoms with Gasteiger partial charge in [0.15, 0.2) is 5.11 Å². The van der Waals surface area contributed by atoms with E-state index in [9.17, 15) is 9.59 Å². The van der Waals surface area contributed by atoms with Crippen LogP contribution < -0.4 is 20.7 Å². The summed E-state index contributed by atoms with van der Waals surface area (Å²) in [6.07, 6.45) is 0. The number of aryl methyl sites for hydroxylation is 1. The number of nitrogens with one attached hydrogen (secondary N) is 3. The molecule has 0 radical (unpaired) electrons. The Morgan fingerprint density at radius 3 is 2.36 bits per heavy atom. The van der Waals surface area contributed by atoms with E-state index < -0.39 is 0 Å². The number of amides is 2. The summed E-state index contributed by atoms with van der Waals surface area (Å²) in [5.41, 5.74) is 2.75. The van der Waals surface area contributed by atoms with Crippen molar-refractivity contribution >= 4 is 40.5 Å². The van der Waals surface area contributed by atoms with Crippen LogP contribution in [0.1, 0.15) is 36.7 Å². The van der Waals surface area contributed by atoms with Gasteiger partial charge in [-0.25, -0.2) is 0 Å². The Morgan fingerprint density at radius 2 is 1.75 bits per heavy atom. The zero-order valence-electron chi connectivity index (χ0n) is 16.5. The van der Waals surface area contributed by atoms with Crippen LogP contribution in [0.2, 0.25) is 0 Å². The standard InChI is InChI=1S/C21H25N3O3S/c1-13(2)12-27-18-9-6-16(7-10-18)20(26)24-21(28)23-17-8-5-14(3)19(11-17)22-15(4)25/h5-11,13H,12H2,1-4H3,(H,22,25)(H2,23,24,26,28). The number of carbonyl (C=O) groups is 2. The molecule has 0 bridgehead atoms. The van der Waals surface area contributed by atoms with Gasteiger partial charge in [0.25, 0.3) is 5.91 Å². The zero-order chi connectivity index (χ0) is 20.7. The molecule has 0 aliphatic rings. The second-order valence-corrected chi connectivity index (χ2v) is 7.26. The lowest BCUT2D eigenvalue weighted by Gasteiger charge is -2.13. The molecule has 3 N–H and O–H groups in total. The van der Waals surface area contributed by atoms with E-state index in [1.165, 1.54) is 6.92 Å². The monoisotopic (exact) mass is 399 g/mol. The summed E-state index contributed by atoms with van der Waals surface area (Å²) in [7, 11) is 0. The molecule has 0 heterocycles. The smallest absolute Gasteiger partial charge is 0.257 e. The first-order valence-electron chi connectivity index (χ1n) is 8.98. The van der Waals surface area contributed by atoms with Crippen LogP contribution in [-0.2, 0) is 4.79 Å². The number of anilines is 2. The van der Waals surface area contributed by atoms with Crippen LogP contribution in [0, 0.1) is 12.8 Å². The number of benzene rings is 2. The lowest BCUT2D eigenvalue weighted by molar-refractivity contribution is -0.114. The Kier molecular flexibility index (Phi) is 7.52. The van der Waals surface area contributed by atoms with Crippen LogP contribution in [0.15, 0.2) is 42.5 Å². The van der Waals surface area contributed by atoms with Crippen molar-refractivity contribution in [3.8, 4) is 5.75 Å². The summed E-state index contributed by atoms with van der Waals surface area (Å²) < 4.78 is 5.61. The average molecular weight is 400 g/mol. The fourth-order valence-electron chi connectivity index (χ4n) is 2.33. The SMILES string of the molecule is CC(=O)Nc1cc(NC(=S)NC(=O)c2ccc(OCC(C)C)cc2)ccc1C. The molecule has 2 aromatic carbocycles. The molecule has 0 unspecified atom stereocenters. The molecule has 0 spiro atoms. The lowest BCUT2D eigenvalue weighted by atomic mass is 10.2. The van der Waals surface area contributed by atoms with Gasteiger partial charge in [-0.1, -0.05) is 19.9 Å². The molecule has 0 fully saturated rings. The topological polar surface area (TPSA) is 79.5 Å². The quantitative estimate of drug-likeness (QED) is 0.637. The molecule has 28 heavy (non-hydrogen) atoms. The predicted molar refractivity (Wildman–Crippen MR) is 116 cm³/mol. The highest BCUT2D eigenvalue weighted by molar-refractivity contribution is 7.80. The number of ether oxygens (including phenoxy) is 1. The number of hydrogen-bond acceptors (Lipinski definition) is 4. The van der Waals surface area contributed by atoms with Crippen LogP contribution in [0.3, 0.4) is 0 Å². The third-order valence-corrected chi connectivity index (χ3v) is 3.94. The highest BCUT2D eigenvalue weighted by Gasteiger charge is 2.09. The first kappa shape index (κ1) is 21.4. The van der Waals surface area contributed by atoms with Gasteiger partial charge in [0.2, 0.25) is 5.91 Å². The van der Waals surface area contributed by atoms with Gasteiger partial charge in [-0.05, 0) is 67.0 Å². The Morgan fingerprint density at radius 1 is 1.07 bits per heavy atom. The number of thiocarbonyl (C=S) groups is 1. The second kappa shape index (κ2) is 9.85. The molecule has 0 aromatic heterocycles. The van der Waals surface area contributed by atoms with Gasteiger partial charge in [-0.3, -0.25) is 14.9 Å². The highest BCUT2D eigenvalue weighted by atomic mass is 32.1. The summed E-state index contributed by atoms with van der Waals surface area (Å²) in [6, 6.07) is 12.3. The summed E-state index contributed by atoms with van der Waals surface area (Å²) in [6.45, 7) is 8.11. The van der Waals surface area contributed by atoms with E-state index in [0.29, 0.717) is 29.5 Å². The molecule has 2 amide bonds. The van der Waals surface area contributed by atoms with Gasteiger partial charge < -0.3 is 15.4 Å². The highest BCUT2D eigenvalue weighted by Crippen LogP contribution is 2.20. The molecule has 0 aliphatic carbocycles. The summed E-state index contributed by atoms with van der Waals surface area (Å²) in [5, 5.41) is 8.52. The van der Waals surface area contributed by atoms with Gasteiger partial charge in [0.05, 0.1) is 6.61 Å². The second-order valence-electron chi connectivity index (χ2n) is 6.85. The van der Waals surface area contributed by atoms with E-state index in [-0.39, 0.29) is 16.9 Å². The molecular weight excluding hydrogens is 374 g/mol. The van der Waals surface area contributed by atoms with E-state index in [1.807, 2.05) is 19.1 Å². The zero-order valence-corrected chi connectivity index (χ0v) is 17.3. The fourth-order valence-corrected chi connectivity index (χ4v) is 2.54. The predicted octanol–water partition coefficient (Wildman–Crippen LogP) is 4.12. The normalized spacial score (nSPS) is 10.3.